The van der Waals surface area contributed by atoms with Crippen molar-refractivity contribution in [2.75, 3.05) is 33.2 Å². The molecule has 1 aliphatic heterocycles. The second-order valence-corrected chi connectivity index (χ2v) is 6.39. The molecule has 7 nitrogen and oxygen atoms in total. The van der Waals surface area contributed by atoms with Crippen molar-refractivity contribution in [2.24, 2.45) is 12.0 Å². The number of aromatic nitrogens is 3. The van der Waals surface area contributed by atoms with E-state index in [-0.39, 0.29) is 24.0 Å². The molecule has 0 radical (unpaired) electrons. The van der Waals surface area contributed by atoms with Gasteiger partial charge >= 0.3 is 0 Å². The molecule has 1 N–H and O–H groups in total. The smallest absolute Gasteiger partial charge is 0.194 e. The van der Waals surface area contributed by atoms with Crippen molar-refractivity contribution in [3.05, 3.63) is 47.5 Å². The summed E-state index contributed by atoms with van der Waals surface area (Å²) in [6.07, 6.45) is 1.57. The highest BCUT2D eigenvalue weighted by atomic mass is 127. The van der Waals surface area contributed by atoms with Crippen LogP contribution in [0.3, 0.4) is 0 Å². The zero-order valence-electron chi connectivity index (χ0n) is 15.7. The number of piperazine rings is 1. The Balaban J connectivity index is 0.00000243. The monoisotopic (exact) mass is 469 g/mol. The molecule has 0 unspecified atom stereocenters. The summed E-state index contributed by atoms with van der Waals surface area (Å²) in [6.45, 7) is 7.87. The van der Waals surface area contributed by atoms with Gasteiger partial charge in [0.15, 0.2) is 5.96 Å². The molecule has 8 heteroatoms. The van der Waals surface area contributed by atoms with Gasteiger partial charge in [0.25, 0.3) is 0 Å². The van der Waals surface area contributed by atoms with Gasteiger partial charge in [-0.3, -0.25) is 14.6 Å². The summed E-state index contributed by atoms with van der Waals surface area (Å²) in [6, 6.07) is 8.63. The molecular weight excluding hydrogens is 441 g/mol. The van der Waals surface area contributed by atoms with E-state index < -0.39 is 0 Å². The van der Waals surface area contributed by atoms with Gasteiger partial charge in [0.2, 0.25) is 0 Å². The summed E-state index contributed by atoms with van der Waals surface area (Å²) >= 11 is 0. The van der Waals surface area contributed by atoms with Gasteiger partial charge in [-0.2, -0.15) is 5.10 Å². The Kier molecular flexibility index (Phi) is 7.83. The van der Waals surface area contributed by atoms with Crippen LogP contribution in [0.15, 0.2) is 35.6 Å². The summed E-state index contributed by atoms with van der Waals surface area (Å²) < 4.78 is 1.78. The van der Waals surface area contributed by atoms with E-state index in [9.17, 15) is 0 Å². The van der Waals surface area contributed by atoms with Crippen molar-refractivity contribution < 1.29 is 0 Å². The Morgan fingerprint density at radius 3 is 2.54 bits per heavy atom. The average Bonchev–Trinajstić information content (AvgIpc) is 3.04. The fraction of sp³-hybridized carbons (Fsp3) is 0.500. The maximum Gasteiger partial charge on any atom is 0.194 e. The third-order valence-electron chi connectivity index (χ3n) is 4.75. The zero-order valence-corrected chi connectivity index (χ0v) is 18.1. The first-order chi connectivity index (χ1) is 12.2. The predicted octanol–water partition coefficient (Wildman–Crippen LogP) is 1.63. The predicted molar refractivity (Wildman–Crippen MR) is 115 cm³/mol. The second-order valence-electron chi connectivity index (χ2n) is 6.39. The standard InChI is InChI=1S/C18H27N7.HI/c1-15-6-4-5-7-16(15)13-24-8-10-25(11-9-24)18(19-2)20-12-17-21-14-22-23(17)3;/h4-7,14H,8-13H2,1-3H3,(H,19,20);1H. The number of benzene rings is 1. The van der Waals surface area contributed by atoms with Crippen LogP contribution in [0, 0.1) is 6.92 Å². The number of guanidine groups is 1. The highest BCUT2D eigenvalue weighted by Gasteiger charge is 2.20. The minimum Gasteiger partial charge on any atom is -0.349 e. The molecule has 1 saturated heterocycles. The number of aryl methyl sites for hydroxylation is 2. The van der Waals surface area contributed by atoms with E-state index in [1.807, 2.05) is 14.1 Å². The molecule has 2 heterocycles. The number of aliphatic imine (C=N–C) groups is 1. The minimum atomic E-state index is 0. The van der Waals surface area contributed by atoms with E-state index in [1.165, 1.54) is 11.1 Å². The molecule has 2 aromatic rings. The van der Waals surface area contributed by atoms with Crippen molar-refractivity contribution in [1.29, 1.82) is 0 Å². The van der Waals surface area contributed by atoms with E-state index in [1.54, 1.807) is 11.0 Å². The fourth-order valence-electron chi connectivity index (χ4n) is 3.12. The Morgan fingerprint density at radius 1 is 1.19 bits per heavy atom. The van der Waals surface area contributed by atoms with Gasteiger partial charge in [-0.15, -0.1) is 24.0 Å². The molecule has 1 aliphatic rings. The largest absolute Gasteiger partial charge is 0.349 e. The minimum absolute atomic E-state index is 0. The van der Waals surface area contributed by atoms with Gasteiger partial charge in [-0.25, -0.2) is 4.98 Å². The van der Waals surface area contributed by atoms with Crippen LogP contribution in [-0.2, 0) is 20.1 Å². The van der Waals surface area contributed by atoms with Crippen molar-refractivity contribution in [2.45, 2.75) is 20.0 Å². The van der Waals surface area contributed by atoms with Crippen LogP contribution >= 0.6 is 24.0 Å². The molecule has 1 aromatic heterocycles. The summed E-state index contributed by atoms with van der Waals surface area (Å²) in [5.41, 5.74) is 2.78. The van der Waals surface area contributed by atoms with Gasteiger partial charge < -0.3 is 10.2 Å². The molecule has 0 spiro atoms. The number of nitrogens with zero attached hydrogens (tertiary/aromatic N) is 6. The van der Waals surface area contributed by atoms with Crippen molar-refractivity contribution in [3.63, 3.8) is 0 Å². The van der Waals surface area contributed by atoms with E-state index in [2.05, 4.69) is 61.4 Å². The van der Waals surface area contributed by atoms with Crippen molar-refractivity contribution in [1.82, 2.24) is 29.9 Å². The average molecular weight is 469 g/mol. The number of hydrogen-bond donors (Lipinski definition) is 1. The molecule has 26 heavy (non-hydrogen) atoms. The zero-order chi connectivity index (χ0) is 17.6. The maximum absolute atomic E-state index is 4.42. The first-order valence-corrected chi connectivity index (χ1v) is 8.72. The van der Waals surface area contributed by atoms with Gasteiger partial charge in [0.05, 0.1) is 6.54 Å². The lowest BCUT2D eigenvalue weighted by Crippen LogP contribution is -2.52. The van der Waals surface area contributed by atoms with Gasteiger partial charge in [0, 0.05) is 46.8 Å². The first kappa shape index (κ1) is 20.6. The summed E-state index contributed by atoms with van der Waals surface area (Å²) in [7, 11) is 3.73. The molecule has 3 rings (SSSR count). The normalized spacial score (nSPS) is 15.7. The van der Waals surface area contributed by atoms with Crippen LogP contribution in [0.2, 0.25) is 0 Å². The van der Waals surface area contributed by atoms with Crippen LogP contribution in [0.4, 0.5) is 0 Å². The molecule has 1 aromatic carbocycles. The van der Waals surface area contributed by atoms with E-state index >= 15 is 0 Å². The van der Waals surface area contributed by atoms with E-state index in [0.717, 1.165) is 44.5 Å². The molecule has 142 valence electrons. The number of rotatable bonds is 4. The molecule has 0 aliphatic carbocycles. The molecule has 1 fully saturated rings. The third kappa shape index (κ3) is 5.16. The molecule has 0 atom stereocenters. The van der Waals surface area contributed by atoms with Gasteiger partial charge in [-0.05, 0) is 18.1 Å². The maximum atomic E-state index is 4.42. The van der Waals surface area contributed by atoms with E-state index in [0.29, 0.717) is 6.54 Å². The quantitative estimate of drug-likeness (QED) is 0.419. The van der Waals surface area contributed by atoms with Crippen LogP contribution in [0.5, 0.6) is 0 Å². The van der Waals surface area contributed by atoms with Crippen molar-refractivity contribution in [3.8, 4) is 0 Å². The summed E-state index contributed by atoms with van der Waals surface area (Å²) in [5.74, 6) is 1.83. The number of hydrogen-bond acceptors (Lipinski definition) is 4. The Morgan fingerprint density at radius 2 is 1.92 bits per heavy atom. The number of nitrogens with one attached hydrogen (secondary N) is 1. The molecule has 0 saturated carbocycles. The summed E-state index contributed by atoms with van der Waals surface area (Å²) in [4.78, 5) is 13.5. The lowest BCUT2D eigenvalue weighted by molar-refractivity contribution is 0.172. The lowest BCUT2D eigenvalue weighted by Gasteiger charge is -2.36. The Bertz CT molecular complexity index is 720. The lowest BCUT2D eigenvalue weighted by atomic mass is 10.1. The molecule has 0 amide bonds. The Labute approximate surface area is 172 Å². The van der Waals surface area contributed by atoms with Crippen LogP contribution in [-0.4, -0.2) is 63.8 Å². The third-order valence-corrected chi connectivity index (χ3v) is 4.75. The fourth-order valence-corrected chi connectivity index (χ4v) is 3.12. The molecular formula is C18H28IN7. The highest BCUT2D eigenvalue weighted by Crippen LogP contribution is 2.12. The number of halogens is 1. The van der Waals surface area contributed by atoms with Crippen molar-refractivity contribution >= 4 is 29.9 Å². The topological polar surface area (TPSA) is 61.6 Å². The SMILES string of the molecule is CN=C(NCc1ncnn1C)N1CCN(Cc2ccccc2C)CC1.I. The first-order valence-electron chi connectivity index (χ1n) is 8.72. The summed E-state index contributed by atoms with van der Waals surface area (Å²) in [5, 5.41) is 7.49. The molecule has 0 bridgehead atoms. The second kappa shape index (κ2) is 9.86. The van der Waals surface area contributed by atoms with Crippen LogP contribution in [0.1, 0.15) is 17.0 Å². The van der Waals surface area contributed by atoms with Gasteiger partial charge in [0.1, 0.15) is 12.2 Å². The Hall–Kier alpha value is -1.68. The van der Waals surface area contributed by atoms with E-state index in [4.69, 9.17) is 0 Å². The highest BCUT2D eigenvalue weighted by molar-refractivity contribution is 14.0. The van der Waals surface area contributed by atoms with Crippen LogP contribution in [0.25, 0.3) is 0 Å². The van der Waals surface area contributed by atoms with Crippen LogP contribution < -0.4 is 5.32 Å². The van der Waals surface area contributed by atoms with Gasteiger partial charge in [-0.1, -0.05) is 24.3 Å².